The number of aromatic nitrogens is 1. The quantitative estimate of drug-likeness (QED) is 0.871. The number of pyridine rings is 1. The van der Waals surface area contributed by atoms with E-state index in [0.29, 0.717) is 12.0 Å². The number of piperidine rings is 1. The Morgan fingerprint density at radius 2 is 2.19 bits per heavy atom. The van der Waals surface area contributed by atoms with Crippen LogP contribution in [0, 0.1) is 5.92 Å². The number of likely N-dealkylation sites (tertiary alicyclic amines) is 1. The Hall–Kier alpha value is -0.970. The molecule has 3 rings (SSSR count). The van der Waals surface area contributed by atoms with Crippen LogP contribution in [0.4, 0.5) is 0 Å². The molecule has 0 radical (unpaired) electrons. The number of nitrogens with one attached hydrogen (secondary N) is 1. The van der Waals surface area contributed by atoms with Crippen LogP contribution in [0.5, 0.6) is 0 Å². The highest BCUT2D eigenvalue weighted by Gasteiger charge is 2.26. The summed E-state index contributed by atoms with van der Waals surface area (Å²) in [5, 5.41) is 3.53. The van der Waals surface area contributed by atoms with Crippen LogP contribution in [0.2, 0.25) is 0 Å². The van der Waals surface area contributed by atoms with Crippen LogP contribution >= 0.6 is 0 Å². The summed E-state index contributed by atoms with van der Waals surface area (Å²) < 4.78 is 5.58. The van der Waals surface area contributed by atoms with E-state index in [1.807, 2.05) is 13.3 Å². The van der Waals surface area contributed by atoms with Crippen LogP contribution in [-0.4, -0.2) is 42.2 Å². The molecule has 1 N–H and O–H groups in total. The van der Waals surface area contributed by atoms with Gasteiger partial charge in [-0.15, -0.1) is 0 Å². The van der Waals surface area contributed by atoms with Crippen molar-refractivity contribution < 1.29 is 4.74 Å². The third kappa shape index (κ3) is 4.25. The molecular weight excluding hydrogens is 262 g/mol. The van der Waals surface area contributed by atoms with Crippen molar-refractivity contribution in [1.82, 2.24) is 15.2 Å². The number of rotatable bonds is 6. The van der Waals surface area contributed by atoms with Gasteiger partial charge < -0.3 is 10.1 Å². The summed E-state index contributed by atoms with van der Waals surface area (Å²) in [7, 11) is 1.82. The molecule has 2 heterocycles. The molecule has 1 aliphatic heterocycles. The second-order valence-electron chi connectivity index (χ2n) is 6.59. The minimum Gasteiger partial charge on any atom is -0.380 e. The largest absolute Gasteiger partial charge is 0.380 e. The lowest BCUT2D eigenvalue weighted by atomic mass is 9.96. The number of hydrogen-bond donors (Lipinski definition) is 1. The predicted molar refractivity (Wildman–Crippen MR) is 84.0 cm³/mol. The minimum absolute atomic E-state index is 0.362. The first-order valence-corrected chi connectivity index (χ1v) is 8.17. The molecule has 2 atom stereocenters. The second-order valence-corrected chi connectivity index (χ2v) is 6.59. The van der Waals surface area contributed by atoms with Crippen molar-refractivity contribution in [3.05, 3.63) is 29.6 Å². The van der Waals surface area contributed by atoms with E-state index in [4.69, 9.17) is 4.74 Å². The van der Waals surface area contributed by atoms with E-state index in [0.717, 1.165) is 37.9 Å². The molecule has 0 bridgehead atoms. The van der Waals surface area contributed by atoms with E-state index >= 15 is 0 Å². The van der Waals surface area contributed by atoms with Gasteiger partial charge in [-0.1, -0.05) is 13.0 Å². The average molecular weight is 289 g/mol. The maximum Gasteiger partial charge on any atom is 0.0724 e. The molecule has 4 heteroatoms. The van der Waals surface area contributed by atoms with Crippen molar-refractivity contribution in [2.75, 3.05) is 20.2 Å². The number of methoxy groups -OCH3 is 1. The lowest BCUT2D eigenvalue weighted by Crippen LogP contribution is -2.43. The molecule has 2 unspecified atom stereocenters. The fraction of sp³-hybridized carbons (Fsp3) is 0.706. The summed E-state index contributed by atoms with van der Waals surface area (Å²) in [5.41, 5.74) is 2.45. The lowest BCUT2D eigenvalue weighted by molar-refractivity contribution is -0.00778. The number of hydrogen-bond acceptors (Lipinski definition) is 4. The Kier molecular flexibility index (Phi) is 4.88. The van der Waals surface area contributed by atoms with Crippen LogP contribution in [0.25, 0.3) is 0 Å². The van der Waals surface area contributed by atoms with E-state index in [-0.39, 0.29) is 0 Å². The molecule has 1 saturated carbocycles. The summed E-state index contributed by atoms with van der Waals surface area (Å²) >= 11 is 0. The van der Waals surface area contributed by atoms with Gasteiger partial charge in [0.1, 0.15) is 0 Å². The van der Waals surface area contributed by atoms with Gasteiger partial charge in [0.15, 0.2) is 0 Å². The van der Waals surface area contributed by atoms with E-state index in [1.54, 1.807) is 0 Å². The van der Waals surface area contributed by atoms with Crippen molar-refractivity contribution in [3.8, 4) is 0 Å². The van der Waals surface area contributed by atoms with E-state index in [1.165, 1.54) is 24.8 Å². The van der Waals surface area contributed by atoms with Gasteiger partial charge in [-0.3, -0.25) is 9.88 Å². The van der Waals surface area contributed by atoms with Crippen LogP contribution in [0.1, 0.15) is 37.4 Å². The third-order valence-corrected chi connectivity index (χ3v) is 4.72. The maximum atomic E-state index is 5.58. The summed E-state index contributed by atoms with van der Waals surface area (Å²) in [5.74, 6) is 0.662. The van der Waals surface area contributed by atoms with Gasteiger partial charge in [0, 0.05) is 39.0 Å². The van der Waals surface area contributed by atoms with Gasteiger partial charge >= 0.3 is 0 Å². The van der Waals surface area contributed by atoms with Crippen LogP contribution in [0.3, 0.4) is 0 Å². The van der Waals surface area contributed by atoms with Crippen molar-refractivity contribution in [2.45, 2.75) is 51.4 Å². The molecular formula is C17H27N3O. The Morgan fingerprint density at radius 1 is 1.33 bits per heavy atom. The Balaban J connectivity index is 1.50. The average Bonchev–Trinajstić information content (AvgIpc) is 3.33. The Labute approximate surface area is 127 Å². The van der Waals surface area contributed by atoms with Crippen molar-refractivity contribution in [2.24, 2.45) is 5.92 Å². The fourth-order valence-electron chi connectivity index (χ4n) is 2.98. The summed E-state index contributed by atoms with van der Waals surface area (Å²) in [6, 6.07) is 5.13. The zero-order chi connectivity index (χ0) is 14.7. The first-order valence-electron chi connectivity index (χ1n) is 8.17. The molecule has 21 heavy (non-hydrogen) atoms. The molecule has 1 saturated heterocycles. The number of ether oxygens (including phenoxy) is 1. The molecule has 2 aliphatic rings. The van der Waals surface area contributed by atoms with Crippen LogP contribution in [-0.2, 0) is 17.8 Å². The molecule has 1 aromatic heterocycles. The molecule has 0 amide bonds. The highest BCUT2D eigenvalue weighted by Crippen LogP contribution is 2.21. The van der Waals surface area contributed by atoms with Crippen molar-refractivity contribution in [3.63, 3.8) is 0 Å². The first-order chi connectivity index (χ1) is 10.2. The summed E-state index contributed by atoms with van der Waals surface area (Å²) in [6.45, 7) is 6.33. The van der Waals surface area contributed by atoms with Crippen LogP contribution < -0.4 is 5.32 Å². The third-order valence-electron chi connectivity index (χ3n) is 4.72. The number of nitrogens with zero attached hydrogens (tertiary/aromatic N) is 2. The lowest BCUT2D eigenvalue weighted by Gasteiger charge is -2.36. The highest BCUT2D eigenvalue weighted by molar-refractivity contribution is 5.14. The fourth-order valence-corrected chi connectivity index (χ4v) is 2.98. The van der Waals surface area contributed by atoms with Gasteiger partial charge in [-0.2, -0.15) is 0 Å². The standard InChI is InChI=1S/C17H27N3O/c1-13-7-8-20(12-17(13)21-2)11-16-4-3-14(10-19-16)9-18-15-5-6-15/h3-4,10,13,15,17-18H,5-9,11-12H2,1-2H3. The van der Waals surface area contributed by atoms with Gasteiger partial charge in [0.05, 0.1) is 11.8 Å². The zero-order valence-corrected chi connectivity index (χ0v) is 13.2. The predicted octanol–water partition coefficient (Wildman–Crippen LogP) is 2.19. The summed E-state index contributed by atoms with van der Waals surface area (Å²) in [4.78, 5) is 7.08. The smallest absolute Gasteiger partial charge is 0.0724 e. The van der Waals surface area contributed by atoms with Gasteiger partial charge in [0.25, 0.3) is 0 Å². The zero-order valence-electron chi connectivity index (χ0n) is 13.2. The van der Waals surface area contributed by atoms with Gasteiger partial charge in [0.2, 0.25) is 0 Å². The van der Waals surface area contributed by atoms with E-state index in [9.17, 15) is 0 Å². The molecule has 1 aliphatic carbocycles. The van der Waals surface area contributed by atoms with Gasteiger partial charge in [-0.25, -0.2) is 0 Å². The normalized spacial score (nSPS) is 27.0. The molecule has 4 nitrogen and oxygen atoms in total. The van der Waals surface area contributed by atoms with Crippen LogP contribution in [0.15, 0.2) is 18.3 Å². The van der Waals surface area contributed by atoms with E-state index in [2.05, 4.69) is 34.3 Å². The van der Waals surface area contributed by atoms with Crippen molar-refractivity contribution in [1.29, 1.82) is 0 Å². The Morgan fingerprint density at radius 3 is 2.86 bits per heavy atom. The van der Waals surface area contributed by atoms with E-state index < -0.39 is 0 Å². The molecule has 116 valence electrons. The summed E-state index contributed by atoms with van der Waals surface area (Å²) in [6.07, 6.45) is 6.26. The van der Waals surface area contributed by atoms with Gasteiger partial charge in [-0.05, 0) is 43.4 Å². The van der Waals surface area contributed by atoms with Crippen molar-refractivity contribution >= 4 is 0 Å². The Bertz CT molecular complexity index is 444. The molecule has 0 spiro atoms. The molecule has 1 aromatic rings. The molecule has 2 fully saturated rings. The monoisotopic (exact) mass is 289 g/mol. The maximum absolute atomic E-state index is 5.58. The molecule has 0 aromatic carbocycles. The SMILES string of the molecule is COC1CN(Cc2ccc(CNC3CC3)cn2)CCC1C. The highest BCUT2D eigenvalue weighted by atomic mass is 16.5. The second kappa shape index (κ2) is 6.86. The first kappa shape index (κ1) is 14.9. The topological polar surface area (TPSA) is 37.4 Å². The minimum atomic E-state index is 0.362.